The molecule has 2 atom stereocenters. The summed E-state index contributed by atoms with van der Waals surface area (Å²) in [5.74, 6) is 0.577. The van der Waals surface area contributed by atoms with Crippen LogP contribution < -0.4 is 0 Å². The van der Waals surface area contributed by atoms with Gasteiger partial charge in [-0.25, -0.2) is 4.39 Å². The van der Waals surface area contributed by atoms with Crippen molar-refractivity contribution in [2.75, 3.05) is 6.61 Å². The molecule has 1 N–H and O–H groups in total. The summed E-state index contributed by atoms with van der Waals surface area (Å²) in [5.41, 5.74) is 1.02. The minimum Gasteiger partial charge on any atom is -0.396 e. The largest absolute Gasteiger partial charge is 0.396 e. The first-order valence-electron chi connectivity index (χ1n) is 4.17. The zero-order valence-corrected chi connectivity index (χ0v) is 6.70. The second kappa shape index (κ2) is 2.87. The smallest absolute Gasteiger partial charge is 0.123 e. The van der Waals surface area contributed by atoms with Gasteiger partial charge in [-0.15, -0.1) is 0 Å². The quantitative estimate of drug-likeness (QED) is 0.711. The third-order valence-electron chi connectivity index (χ3n) is 2.43. The number of hydrogen-bond acceptors (Lipinski definition) is 1. The molecule has 2 rings (SSSR count). The van der Waals surface area contributed by atoms with E-state index in [0.29, 0.717) is 11.8 Å². The van der Waals surface area contributed by atoms with E-state index in [9.17, 15) is 4.39 Å². The van der Waals surface area contributed by atoms with E-state index in [0.717, 1.165) is 12.0 Å². The molecule has 0 amide bonds. The number of halogens is 1. The molecular formula is C10H11FO. The Balaban J connectivity index is 2.14. The van der Waals surface area contributed by atoms with Crippen LogP contribution in [0.5, 0.6) is 0 Å². The first kappa shape index (κ1) is 7.74. The molecule has 0 aliphatic heterocycles. The summed E-state index contributed by atoms with van der Waals surface area (Å²) >= 11 is 0. The van der Waals surface area contributed by atoms with Gasteiger partial charge >= 0.3 is 0 Å². The van der Waals surface area contributed by atoms with Crippen LogP contribution in [0.25, 0.3) is 0 Å². The topological polar surface area (TPSA) is 20.2 Å². The molecule has 1 aromatic rings. The van der Waals surface area contributed by atoms with E-state index >= 15 is 0 Å². The molecule has 1 aliphatic rings. The Kier molecular flexibility index (Phi) is 1.85. The van der Waals surface area contributed by atoms with Crippen LogP contribution in [-0.2, 0) is 0 Å². The summed E-state index contributed by atoms with van der Waals surface area (Å²) in [4.78, 5) is 0. The molecule has 0 saturated heterocycles. The molecule has 0 bridgehead atoms. The molecule has 1 nitrogen and oxygen atoms in total. The van der Waals surface area contributed by atoms with Gasteiger partial charge in [0, 0.05) is 6.61 Å². The van der Waals surface area contributed by atoms with Crippen LogP contribution in [0.2, 0.25) is 0 Å². The van der Waals surface area contributed by atoms with Crippen LogP contribution in [0.15, 0.2) is 24.3 Å². The van der Waals surface area contributed by atoms with Gasteiger partial charge in [-0.05, 0) is 36.0 Å². The minimum atomic E-state index is -0.184. The van der Waals surface area contributed by atoms with Crippen molar-refractivity contribution in [2.24, 2.45) is 5.92 Å². The van der Waals surface area contributed by atoms with Crippen molar-refractivity contribution in [3.8, 4) is 0 Å². The fourth-order valence-electron chi connectivity index (χ4n) is 1.59. The monoisotopic (exact) mass is 166 g/mol. The minimum absolute atomic E-state index is 0.184. The number of aliphatic hydroxyl groups excluding tert-OH is 1. The second-order valence-electron chi connectivity index (χ2n) is 3.34. The maximum atomic E-state index is 12.7. The zero-order chi connectivity index (χ0) is 8.55. The number of benzene rings is 1. The lowest BCUT2D eigenvalue weighted by atomic mass is 10.1. The fourth-order valence-corrected chi connectivity index (χ4v) is 1.59. The summed E-state index contributed by atoms with van der Waals surface area (Å²) in [7, 11) is 0. The molecular weight excluding hydrogens is 155 g/mol. The van der Waals surface area contributed by atoms with Crippen molar-refractivity contribution in [1.82, 2.24) is 0 Å². The molecule has 1 fully saturated rings. The zero-order valence-electron chi connectivity index (χ0n) is 6.70. The van der Waals surface area contributed by atoms with E-state index < -0.39 is 0 Å². The predicted molar refractivity (Wildman–Crippen MR) is 44.3 cm³/mol. The van der Waals surface area contributed by atoms with E-state index in [1.54, 1.807) is 12.1 Å². The SMILES string of the molecule is OCC1CC1c1cccc(F)c1. The van der Waals surface area contributed by atoms with E-state index in [2.05, 4.69) is 0 Å². The Morgan fingerprint density at radius 1 is 1.50 bits per heavy atom. The molecule has 0 spiro atoms. The van der Waals surface area contributed by atoms with Crippen molar-refractivity contribution in [2.45, 2.75) is 12.3 Å². The van der Waals surface area contributed by atoms with Crippen molar-refractivity contribution in [3.05, 3.63) is 35.6 Å². The highest BCUT2D eigenvalue weighted by atomic mass is 19.1. The maximum absolute atomic E-state index is 12.7. The molecule has 1 aliphatic carbocycles. The van der Waals surface area contributed by atoms with Crippen LogP contribution in [-0.4, -0.2) is 11.7 Å². The lowest BCUT2D eigenvalue weighted by Gasteiger charge is -1.97. The maximum Gasteiger partial charge on any atom is 0.123 e. The molecule has 0 heterocycles. The van der Waals surface area contributed by atoms with Gasteiger partial charge in [0.15, 0.2) is 0 Å². The standard InChI is InChI=1S/C10H11FO/c11-9-3-1-2-7(4-9)10-5-8(10)6-12/h1-4,8,10,12H,5-6H2. The van der Waals surface area contributed by atoms with Gasteiger partial charge in [0.2, 0.25) is 0 Å². The van der Waals surface area contributed by atoms with Crippen LogP contribution in [0, 0.1) is 11.7 Å². The van der Waals surface area contributed by atoms with Gasteiger partial charge in [-0.2, -0.15) is 0 Å². The first-order chi connectivity index (χ1) is 5.81. The molecule has 0 aromatic heterocycles. The average molecular weight is 166 g/mol. The fraction of sp³-hybridized carbons (Fsp3) is 0.400. The summed E-state index contributed by atoms with van der Waals surface area (Å²) < 4.78 is 12.7. The van der Waals surface area contributed by atoms with Crippen LogP contribution in [0.4, 0.5) is 4.39 Å². The number of hydrogen-bond donors (Lipinski definition) is 1. The Labute approximate surface area is 70.8 Å². The van der Waals surface area contributed by atoms with Crippen LogP contribution in [0.1, 0.15) is 17.9 Å². The van der Waals surface area contributed by atoms with Crippen LogP contribution >= 0.6 is 0 Å². The summed E-state index contributed by atoms with van der Waals surface area (Å²) in [6, 6.07) is 6.64. The van der Waals surface area contributed by atoms with Gasteiger partial charge < -0.3 is 5.11 Å². The molecule has 64 valence electrons. The van der Waals surface area contributed by atoms with Gasteiger partial charge in [-0.3, -0.25) is 0 Å². The predicted octanol–water partition coefficient (Wildman–Crippen LogP) is 1.92. The molecule has 0 radical (unpaired) electrons. The Hall–Kier alpha value is -0.890. The third-order valence-corrected chi connectivity index (χ3v) is 2.43. The molecule has 2 heteroatoms. The Bertz CT molecular complexity index is 285. The van der Waals surface area contributed by atoms with E-state index in [4.69, 9.17) is 5.11 Å². The number of aliphatic hydroxyl groups is 1. The molecule has 1 saturated carbocycles. The van der Waals surface area contributed by atoms with E-state index in [-0.39, 0.29) is 12.4 Å². The highest BCUT2D eigenvalue weighted by Gasteiger charge is 2.37. The van der Waals surface area contributed by atoms with E-state index in [1.165, 1.54) is 6.07 Å². The number of rotatable bonds is 2. The average Bonchev–Trinajstić information content (AvgIpc) is 2.83. The highest BCUT2D eigenvalue weighted by Crippen LogP contribution is 2.46. The van der Waals surface area contributed by atoms with E-state index in [1.807, 2.05) is 6.07 Å². The van der Waals surface area contributed by atoms with Crippen molar-refractivity contribution in [1.29, 1.82) is 0 Å². The normalized spacial score (nSPS) is 27.2. The highest BCUT2D eigenvalue weighted by molar-refractivity contribution is 5.26. The summed E-state index contributed by atoms with van der Waals surface area (Å²) in [6.45, 7) is 0.223. The van der Waals surface area contributed by atoms with Gasteiger partial charge in [0.1, 0.15) is 5.82 Å². The second-order valence-corrected chi connectivity index (χ2v) is 3.34. The van der Waals surface area contributed by atoms with Crippen molar-refractivity contribution >= 4 is 0 Å². The third kappa shape index (κ3) is 1.34. The Morgan fingerprint density at radius 2 is 2.33 bits per heavy atom. The van der Waals surface area contributed by atoms with Crippen molar-refractivity contribution < 1.29 is 9.50 Å². The summed E-state index contributed by atoms with van der Waals surface area (Å²) in [5, 5.41) is 8.81. The van der Waals surface area contributed by atoms with Gasteiger partial charge in [-0.1, -0.05) is 12.1 Å². The molecule has 2 unspecified atom stereocenters. The summed E-state index contributed by atoms with van der Waals surface area (Å²) in [6.07, 6.45) is 1.000. The first-order valence-corrected chi connectivity index (χ1v) is 4.17. The van der Waals surface area contributed by atoms with Crippen LogP contribution in [0.3, 0.4) is 0 Å². The van der Waals surface area contributed by atoms with Crippen molar-refractivity contribution in [3.63, 3.8) is 0 Å². The molecule has 1 aromatic carbocycles. The Morgan fingerprint density at radius 3 is 2.92 bits per heavy atom. The van der Waals surface area contributed by atoms with Gasteiger partial charge in [0.05, 0.1) is 0 Å². The lowest BCUT2D eigenvalue weighted by molar-refractivity contribution is 0.274. The van der Waals surface area contributed by atoms with Gasteiger partial charge in [0.25, 0.3) is 0 Å². The lowest BCUT2D eigenvalue weighted by Crippen LogP contribution is -1.88. The molecule has 12 heavy (non-hydrogen) atoms.